The summed E-state index contributed by atoms with van der Waals surface area (Å²) in [6, 6.07) is 19.3. The van der Waals surface area contributed by atoms with Crippen LogP contribution in [-0.2, 0) is 9.84 Å². The van der Waals surface area contributed by atoms with E-state index in [4.69, 9.17) is 0 Å². The van der Waals surface area contributed by atoms with Crippen LogP contribution in [0, 0.1) is 0 Å². The fourth-order valence-electron chi connectivity index (χ4n) is 2.37. The van der Waals surface area contributed by atoms with E-state index >= 15 is 0 Å². The predicted molar refractivity (Wildman–Crippen MR) is 107 cm³/mol. The Morgan fingerprint density at radius 3 is 2.37 bits per heavy atom. The number of hydrogen-bond acceptors (Lipinski definition) is 5. The van der Waals surface area contributed by atoms with Crippen LogP contribution >= 0.6 is 11.8 Å². The standard InChI is InChI=1S/C20H18N2O3S2/c1-2-27(24,25)16-12-10-15(11-13-16)26-18-8-4-3-7-17(18)20(23)22-19-9-5-6-14-21-19/h3-14H,2H2,1H3,(H,21,22,23). The van der Waals surface area contributed by atoms with Crippen molar-refractivity contribution in [1.82, 2.24) is 4.98 Å². The molecule has 7 heteroatoms. The summed E-state index contributed by atoms with van der Waals surface area (Å²) in [6.45, 7) is 1.62. The van der Waals surface area contributed by atoms with Crippen molar-refractivity contribution in [2.45, 2.75) is 21.6 Å². The lowest BCUT2D eigenvalue weighted by molar-refractivity contribution is 0.102. The van der Waals surface area contributed by atoms with E-state index in [1.165, 1.54) is 11.8 Å². The molecule has 0 aliphatic carbocycles. The molecule has 1 aromatic heterocycles. The molecule has 1 heterocycles. The van der Waals surface area contributed by atoms with Gasteiger partial charge in [0.2, 0.25) is 0 Å². The Kier molecular flexibility index (Phi) is 5.93. The predicted octanol–water partition coefficient (Wildman–Crippen LogP) is 4.28. The van der Waals surface area contributed by atoms with Gasteiger partial charge in [0.1, 0.15) is 5.82 Å². The Balaban J connectivity index is 1.81. The van der Waals surface area contributed by atoms with Crippen LogP contribution < -0.4 is 5.32 Å². The van der Waals surface area contributed by atoms with Gasteiger partial charge in [0, 0.05) is 16.0 Å². The van der Waals surface area contributed by atoms with E-state index in [9.17, 15) is 13.2 Å². The van der Waals surface area contributed by atoms with Crippen molar-refractivity contribution in [2.75, 3.05) is 11.1 Å². The van der Waals surface area contributed by atoms with Crippen molar-refractivity contribution in [1.29, 1.82) is 0 Å². The lowest BCUT2D eigenvalue weighted by Gasteiger charge is -2.10. The summed E-state index contributed by atoms with van der Waals surface area (Å²) in [7, 11) is -3.22. The van der Waals surface area contributed by atoms with Crippen LogP contribution in [0.2, 0.25) is 0 Å². The van der Waals surface area contributed by atoms with Gasteiger partial charge >= 0.3 is 0 Å². The summed E-state index contributed by atoms with van der Waals surface area (Å²) in [4.78, 5) is 18.6. The van der Waals surface area contributed by atoms with Crippen molar-refractivity contribution in [2.24, 2.45) is 0 Å². The summed E-state index contributed by atoms with van der Waals surface area (Å²) >= 11 is 1.40. The van der Waals surface area contributed by atoms with Crippen LogP contribution in [0.15, 0.2) is 87.6 Å². The molecule has 0 atom stereocenters. The second kappa shape index (κ2) is 8.37. The number of hydrogen-bond donors (Lipinski definition) is 1. The molecule has 0 saturated heterocycles. The van der Waals surface area contributed by atoms with Gasteiger partial charge in [-0.15, -0.1) is 0 Å². The van der Waals surface area contributed by atoms with Gasteiger partial charge in [0.05, 0.1) is 16.2 Å². The first-order valence-corrected chi connectivity index (χ1v) is 10.8. The number of rotatable bonds is 6. The molecule has 27 heavy (non-hydrogen) atoms. The van der Waals surface area contributed by atoms with Crippen LogP contribution in [0.1, 0.15) is 17.3 Å². The molecular weight excluding hydrogens is 380 g/mol. The quantitative estimate of drug-likeness (QED) is 0.671. The molecular formula is C20H18N2O3S2. The number of aromatic nitrogens is 1. The number of benzene rings is 2. The third-order valence-electron chi connectivity index (χ3n) is 3.83. The summed E-state index contributed by atoms with van der Waals surface area (Å²) in [5.74, 6) is 0.300. The van der Waals surface area contributed by atoms with E-state index in [1.807, 2.05) is 12.1 Å². The Morgan fingerprint density at radius 2 is 1.70 bits per heavy atom. The van der Waals surface area contributed by atoms with Gasteiger partial charge in [-0.25, -0.2) is 13.4 Å². The Morgan fingerprint density at radius 1 is 1.00 bits per heavy atom. The van der Waals surface area contributed by atoms with Gasteiger partial charge in [0.15, 0.2) is 9.84 Å². The minimum Gasteiger partial charge on any atom is -0.307 e. The first kappa shape index (κ1) is 19.1. The van der Waals surface area contributed by atoms with Crippen LogP contribution in [0.3, 0.4) is 0 Å². The van der Waals surface area contributed by atoms with Crippen molar-refractivity contribution < 1.29 is 13.2 Å². The third-order valence-corrected chi connectivity index (χ3v) is 6.66. The number of nitrogens with one attached hydrogen (secondary N) is 1. The van der Waals surface area contributed by atoms with Crippen LogP contribution in [0.4, 0.5) is 5.82 Å². The second-order valence-corrected chi connectivity index (χ2v) is 9.04. The SMILES string of the molecule is CCS(=O)(=O)c1ccc(Sc2ccccc2C(=O)Nc2ccccn2)cc1. The molecule has 0 spiro atoms. The molecule has 0 aliphatic rings. The van der Waals surface area contributed by atoms with Crippen LogP contribution in [0.5, 0.6) is 0 Å². The van der Waals surface area contributed by atoms with Gasteiger partial charge in [-0.05, 0) is 48.5 Å². The normalized spacial score (nSPS) is 11.1. The first-order chi connectivity index (χ1) is 13.0. The number of amides is 1. The average Bonchev–Trinajstić information content (AvgIpc) is 2.69. The largest absolute Gasteiger partial charge is 0.307 e. The zero-order valence-electron chi connectivity index (χ0n) is 14.6. The topological polar surface area (TPSA) is 76.1 Å². The number of carbonyl (C=O) groups excluding carboxylic acids is 1. The van der Waals surface area contributed by atoms with Crippen molar-refractivity contribution >= 4 is 33.3 Å². The molecule has 1 N–H and O–H groups in total. The van der Waals surface area contributed by atoms with Crippen molar-refractivity contribution in [3.05, 3.63) is 78.5 Å². The summed E-state index contributed by atoms with van der Waals surface area (Å²) in [5.41, 5.74) is 0.526. The smallest absolute Gasteiger partial charge is 0.257 e. The molecule has 0 unspecified atom stereocenters. The summed E-state index contributed by atoms with van der Waals surface area (Å²) in [6.07, 6.45) is 1.61. The Labute approximate surface area is 162 Å². The summed E-state index contributed by atoms with van der Waals surface area (Å²) in [5, 5.41) is 2.78. The maximum absolute atomic E-state index is 12.6. The molecule has 0 bridgehead atoms. The van der Waals surface area contributed by atoms with Gasteiger partial charge in [0.25, 0.3) is 5.91 Å². The van der Waals surface area contributed by atoms with E-state index in [0.717, 1.165) is 9.79 Å². The number of pyridine rings is 1. The minimum absolute atomic E-state index is 0.0655. The number of sulfone groups is 1. The minimum atomic E-state index is -3.22. The number of carbonyl (C=O) groups is 1. The molecule has 3 rings (SSSR count). The molecule has 0 fully saturated rings. The average molecular weight is 399 g/mol. The molecule has 2 aromatic carbocycles. The highest BCUT2D eigenvalue weighted by Gasteiger charge is 2.14. The number of nitrogens with zero attached hydrogens (tertiary/aromatic N) is 1. The van der Waals surface area contributed by atoms with Gasteiger partial charge in [-0.1, -0.05) is 36.9 Å². The maximum atomic E-state index is 12.6. The monoisotopic (exact) mass is 398 g/mol. The van der Waals surface area contributed by atoms with Crippen LogP contribution in [-0.4, -0.2) is 25.1 Å². The van der Waals surface area contributed by atoms with E-state index in [-0.39, 0.29) is 11.7 Å². The molecule has 0 saturated carbocycles. The molecule has 138 valence electrons. The molecule has 3 aromatic rings. The lowest BCUT2D eigenvalue weighted by atomic mass is 10.2. The van der Waals surface area contributed by atoms with E-state index in [0.29, 0.717) is 16.3 Å². The Hall–Kier alpha value is -2.64. The highest BCUT2D eigenvalue weighted by atomic mass is 32.2. The van der Waals surface area contributed by atoms with E-state index in [1.54, 1.807) is 67.7 Å². The highest BCUT2D eigenvalue weighted by molar-refractivity contribution is 7.99. The van der Waals surface area contributed by atoms with E-state index < -0.39 is 9.84 Å². The number of anilines is 1. The third kappa shape index (κ3) is 4.75. The van der Waals surface area contributed by atoms with Gasteiger partial charge in [-0.3, -0.25) is 4.79 Å². The maximum Gasteiger partial charge on any atom is 0.257 e. The molecule has 0 radical (unpaired) electrons. The molecule has 5 nitrogen and oxygen atoms in total. The lowest BCUT2D eigenvalue weighted by Crippen LogP contribution is -2.13. The van der Waals surface area contributed by atoms with Gasteiger partial charge in [-0.2, -0.15) is 0 Å². The van der Waals surface area contributed by atoms with E-state index in [2.05, 4.69) is 10.3 Å². The van der Waals surface area contributed by atoms with Crippen molar-refractivity contribution in [3.8, 4) is 0 Å². The fraction of sp³-hybridized carbons (Fsp3) is 0.100. The summed E-state index contributed by atoms with van der Waals surface area (Å²) < 4.78 is 23.8. The molecule has 0 aliphatic heterocycles. The Bertz CT molecular complexity index is 1030. The van der Waals surface area contributed by atoms with Crippen molar-refractivity contribution in [3.63, 3.8) is 0 Å². The zero-order valence-corrected chi connectivity index (χ0v) is 16.3. The van der Waals surface area contributed by atoms with Gasteiger partial charge < -0.3 is 5.32 Å². The molecule has 1 amide bonds. The van der Waals surface area contributed by atoms with Crippen LogP contribution in [0.25, 0.3) is 0 Å². The second-order valence-electron chi connectivity index (χ2n) is 5.64. The zero-order chi connectivity index (χ0) is 19.3. The fourth-order valence-corrected chi connectivity index (χ4v) is 4.20. The first-order valence-electron chi connectivity index (χ1n) is 8.31. The highest BCUT2D eigenvalue weighted by Crippen LogP contribution is 2.31.